The molecule has 1 unspecified atom stereocenters. The molecule has 0 amide bonds. The lowest BCUT2D eigenvalue weighted by molar-refractivity contribution is -0.138. The van der Waals surface area contributed by atoms with Crippen molar-refractivity contribution < 1.29 is 24.1 Å². The minimum Gasteiger partial charge on any atom is -0.504 e. The van der Waals surface area contributed by atoms with Gasteiger partial charge in [0, 0.05) is 18.2 Å². The molecule has 4 N–H and O–H groups in total. The maximum Gasteiger partial charge on any atom is 0.312 e. The first-order chi connectivity index (χ1) is 7.51. The van der Waals surface area contributed by atoms with Gasteiger partial charge in [-0.05, 0) is 6.07 Å². The highest BCUT2D eigenvalue weighted by atomic mass is 19.1. The molecule has 0 aliphatic carbocycles. The van der Waals surface area contributed by atoms with Crippen LogP contribution in [0.3, 0.4) is 0 Å². The fourth-order valence-electron chi connectivity index (χ4n) is 1.38. The van der Waals surface area contributed by atoms with Crippen LogP contribution in [0.15, 0.2) is 12.1 Å². The minimum atomic E-state index is -1.23. The third-order valence-electron chi connectivity index (χ3n) is 2.20. The normalized spacial score (nSPS) is 12.2. The predicted octanol–water partition coefficient (Wildman–Crippen LogP) is 0.667. The zero-order chi connectivity index (χ0) is 12.3. The molecule has 0 aromatic heterocycles. The number of aromatic hydroxyl groups is 1. The topological polar surface area (TPSA) is 92.8 Å². The van der Waals surface area contributed by atoms with Crippen LogP contribution in [-0.4, -0.2) is 29.8 Å². The third kappa shape index (κ3) is 2.22. The Labute approximate surface area is 91.3 Å². The van der Waals surface area contributed by atoms with Gasteiger partial charge in [0.2, 0.25) is 0 Å². The predicted molar refractivity (Wildman–Crippen MR) is 54.0 cm³/mol. The van der Waals surface area contributed by atoms with Gasteiger partial charge in [0.1, 0.15) is 5.82 Å². The molecule has 0 spiro atoms. The molecule has 1 aromatic rings. The van der Waals surface area contributed by atoms with E-state index in [0.717, 1.165) is 12.1 Å². The number of methoxy groups -OCH3 is 1. The number of carboxylic acid groups (broad SMARTS) is 1. The maximum absolute atomic E-state index is 13.1. The fourth-order valence-corrected chi connectivity index (χ4v) is 1.38. The summed E-state index contributed by atoms with van der Waals surface area (Å²) in [7, 11) is 1.25. The molecule has 6 heteroatoms. The lowest BCUT2D eigenvalue weighted by atomic mass is 9.98. The van der Waals surface area contributed by atoms with Crippen molar-refractivity contribution in [2.75, 3.05) is 13.7 Å². The van der Waals surface area contributed by atoms with E-state index in [1.807, 2.05) is 0 Å². The largest absolute Gasteiger partial charge is 0.504 e. The number of ether oxygens (including phenoxy) is 1. The number of benzene rings is 1. The summed E-state index contributed by atoms with van der Waals surface area (Å²) in [5, 5.41) is 18.5. The van der Waals surface area contributed by atoms with Crippen molar-refractivity contribution in [2.24, 2.45) is 5.73 Å². The van der Waals surface area contributed by atoms with Gasteiger partial charge in [0.15, 0.2) is 11.5 Å². The van der Waals surface area contributed by atoms with E-state index in [9.17, 15) is 14.3 Å². The zero-order valence-corrected chi connectivity index (χ0v) is 8.61. The molecule has 0 fully saturated rings. The third-order valence-corrected chi connectivity index (χ3v) is 2.20. The second-order valence-electron chi connectivity index (χ2n) is 3.17. The molecule has 5 nitrogen and oxygen atoms in total. The molecule has 88 valence electrons. The van der Waals surface area contributed by atoms with Crippen molar-refractivity contribution in [3.8, 4) is 11.5 Å². The number of aliphatic carboxylic acids is 1. The van der Waals surface area contributed by atoms with Gasteiger partial charge in [0.25, 0.3) is 0 Å². The Kier molecular flexibility index (Phi) is 3.68. The summed E-state index contributed by atoms with van der Waals surface area (Å²) in [5.41, 5.74) is 5.17. The first-order valence-electron chi connectivity index (χ1n) is 4.50. The van der Waals surface area contributed by atoms with Gasteiger partial charge in [-0.1, -0.05) is 0 Å². The van der Waals surface area contributed by atoms with Crippen molar-refractivity contribution in [3.63, 3.8) is 0 Å². The number of carbonyl (C=O) groups is 1. The molecule has 0 saturated carbocycles. The summed E-state index contributed by atoms with van der Waals surface area (Å²) < 4.78 is 17.8. The average Bonchev–Trinajstić information content (AvgIpc) is 2.23. The van der Waals surface area contributed by atoms with E-state index in [1.165, 1.54) is 7.11 Å². The Hall–Kier alpha value is -1.82. The lowest BCUT2D eigenvalue weighted by Gasteiger charge is -2.14. The van der Waals surface area contributed by atoms with Gasteiger partial charge < -0.3 is 20.7 Å². The molecule has 1 aromatic carbocycles. The standard InChI is InChI=1S/C10H12FNO4/c1-16-8-3-5(11)2-6(9(8)13)7(4-12)10(14)15/h2-3,7,13H,4,12H2,1H3,(H,14,15). The second-order valence-corrected chi connectivity index (χ2v) is 3.17. The van der Waals surface area contributed by atoms with Gasteiger partial charge >= 0.3 is 5.97 Å². The first-order valence-corrected chi connectivity index (χ1v) is 4.50. The van der Waals surface area contributed by atoms with E-state index < -0.39 is 23.5 Å². The van der Waals surface area contributed by atoms with Crippen LogP contribution in [0.1, 0.15) is 11.5 Å². The van der Waals surface area contributed by atoms with Crippen LogP contribution < -0.4 is 10.5 Å². The highest BCUT2D eigenvalue weighted by Crippen LogP contribution is 2.35. The first kappa shape index (κ1) is 12.3. The van der Waals surface area contributed by atoms with Crippen LogP contribution in [0.4, 0.5) is 4.39 Å². The van der Waals surface area contributed by atoms with Crippen molar-refractivity contribution in [1.29, 1.82) is 0 Å². The molecule has 1 atom stereocenters. The molecular formula is C10H12FNO4. The van der Waals surface area contributed by atoms with Gasteiger partial charge in [-0.15, -0.1) is 0 Å². The van der Waals surface area contributed by atoms with Crippen LogP contribution in [0.25, 0.3) is 0 Å². The molecule has 0 saturated heterocycles. The van der Waals surface area contributed by atoms with E-state index >= 15 is 0 Å². The number of carboxylic acids is 1. The highest BCUT2D eigenvalue weighted by molar-refractivity contribution is 5.78. The summed E-state index contributed by atoms with van der Waals surface area (Å²) in [5.74, 6) is -3.60. The quantitative estimate of drug-likeness (QED) is 0.705. The number of hydrogen-bond acceptors (Lipinski definition) is 4. The minimum absolute atomic E-state index is 0.0909. The van der Waals surface area contributed by atoms with E-state index in [0.29, 0.717) is 0 Å². The lowest BCUT2D eigenvalue weighted by Crippen LogP contribution is -2.21. The molecule has 0 aliphatic rings. The zero-order valence-electron chi connectivity index (χ0n) is 8.61. The highest BCUT2D eigenvalue weighted by Gasteiger charge is 2.24. The molecule has 0 bridgehead atoms. The Bertz CT molecular complexity index is 408. The Balaban J connectivity index is 3.31. The summed E-state index contributed by atoms with van der Waals surface area (Å²) in [6.07, 6.45) is 0. The molecule has 0 aliphatic heterocycles. The van der Waals surface area contributed by atoms with Gasteiger partial charge in [0.05, 0.1) is 13.0 Å². The Morgan fingerprint density at radius 3 is 2.69 bits per heavy atom. The van der Waals surface area contributed by atoms with Gasteiger partial charge in [-0.2, -0.15) is 0 Å². The number of phenolic OH excluding ortho intramolecular Hbond substituents is 1. The smallest absolute Gasteiger partial charge is 0.312 e. The second kappa shape index (κ2) is 4.80. The molecular weight excluding hydrogens is 217 g/mol. The van der Waals surface area contributed by atoms with Crippen molar-refractivity contribution in [3.05, 3.63) is 23.5 Å². The number of phenols is 1. The summed E-state index contributed by atoms with van der Waals surface area (Å²) in [4.78, 5) is 10.8. The van der Waals surface area contributed by atoms with Crippen LogP contribution >= 0.6 is 0 Å². The molecule has 0 heterocycles. The van der Waals surface area contributed by atoms with Gasteiger partial charge in [-0.25, -0.2) is 4.39 Å². The van der Waals surface area contributed by atoms with E-state index in [4.69, 9.17) is 15.6 Å². The van der Waals surface area contributed by atoms with Crippen LogP contribution in [0.2, 0.25) is 0 Å². The van der Waals surface area contributed by atoms with Gasteiger partial charge in [-0.3, -0.25) is 4.79 Å². The average molecular weight is 229 g/mol. The number of halogens is 1. The van der Waals surface area contributed by atoms with Crippen molar-refractivity contribution >= 4 is 5.97 Å². The van der Waals surface area contributed by atoms with E-state index in [2.05, 4.69) is 0 Å². The monoisotopic (exact) mass is 229 g/mol. The number of nitrogens with two attached hydrogens (primary N) is 1. The number of hydrogen-bond donors (Lipinski definition) is 3. The summed E-state index contributed by atoms with van der Waals surface area (Å²) >= 11 is 0. The number of rotatable bonds is 4. The SMILES string of the molecule is COc1cc(F)cc(C(CN)C(=O)O)c1O. The van der Waals surface area contributed by atoms with E-state index in [-0.39, 0.29) is 17.9 Å². The molecule has 0 radical (unpaired) electrons. The Morgan fingerprint density at radius 2 is 2.25 bits per heavy atom. The van der Waals surface area contributed by atoms with Crippen LogP contribution in [-0.2, 0) is 4.79 Å². The van der Waals surface area contributed by atoms with Crippen molar-refractivity contribution in [2.45, 2.75) is 5.92 Å². The summed E-state index contributed by atoms with van der Waals surface area (Å²) in [6, 6.07) is 1.90. The Morgan fingerprint density at radius 1 is 1.62 bits per heavy atom. The van der Waals surface area contributed by atoms with E-state index in [1.54, 1.807) is 0 Å². The molecule has 16 heavy (non-hydrogen) atoms. The molecule has 1 rings (SSSR count). The summed E-state index contributed by atoms with van der Waals surface area (Å²) in [6.45, 7) is -0.241. The maximum atomic E-state index is 13.1. The fraction of sp³-hybridized carbons (Fsp3) is 0.300. The van der Waals surface area contributed by atoms with Crippen LogP contribution in [0, 0.1) is 5.82 Å². The van der Waals surface area contributed by atoms with Crippen LogP contribution in [0.5, 0.6) is 11.5 Å². The van der Waals surface area contributed by atoms with Crippen molar-refractivity contribution in [1.82, 2.24) is 0 Å².